The van der Waals surface area contributed by atoms with Crippen LogP contribution < -0.4 is 5.32 Å². The summed E-state index contributed by atoms with van der Waals surface area (Å²) in [5, 5.41) is 2.91. The first-order chi connectivity index (χ1) is 14.5. The first-order valence-electron chi connectivity index (χ1n) is 9.94. The molecule has 1 N–H and O–H groups in total. The van der Waals surface area contributed by atoms with Gasteiger partial charge in [-0.1, -0.05) is 36.4 Å². The fraction of sp³-hybridized carbons (Fsp3) is 0.364. The number of amides is 3. The summed E-state index contributed by atoms with van der Waals surface area (Å²) in [5.74, 6) is -1.82. The van der Waals surface area contributed by atoms with Crippen molar-refractivity contribution in [2.45, 2.75) is 12.3 Å². The topological polar surface area (TPSA) is 71.1 Å². The average Bonchev–Trinajstić information content (AvgIpc) is 2.78. The third-order valence-corrected chi connectivity index (χ3v) is 5.25. The molecule has 3 amide bonds. The molecular formula is C22H24FN3O4. The van der Waals surface area contributed by atoms with Gasteiger partial charge in [0.05, 0.1) is 26.3 Å². The smallest absolute Gasteiger partial charge is 0.317 e. The Morgan fingerprint density at radius 1 is 0.967 bits per heavy atom. The molecule has 0 bridgehead atoms. The molecule has 0 saturated carbocycles. The molecule has 7 nitrogen and oxygen atoms in total. The van der Waals surface area contributed by atoms with Crippen LogP contribution in [0.5, 0.6) is 0 Å². The van der Waals surface area contributed by atoms with Gasteiger partial charge in [-0.2, -0.15) is 0 Å². The zero-order chi connectivity index (χ0) is 21.0. The fourth-order valence-corrected chi connectivity index (χ4v) is 3.73. The van der Waals surface area contributed by atoms with E-state index in [4.69, 9.17) is 9.47 Å². The highest BCUT2D eigenvalue weighted by atomic mass is 19.1. The molecule has 158 valence electrons. The molecule has 2 fully saturated rings. The van der Waals surface area contributed by atoms with E-state index in [1.807, 2.05) is 30.3 Å². The predicted octanol–water partition coefficient (Wildman–Crippen LogP) is 2.24. The summed E-state index contributed by atoms with van der Waals surface area (Å²) < 4.78 is 25.3. The van der Waals surface area contributed by atoms with Gasteiger partial charge in [0.1, 0.15) is 5.82 Å². The number of carbonyl (C=O) groups is 2. The number of rotatable bonds is 3. The first-order valence-corrected chi connectivity index (χ1v) is 9.94. The largest absolute Gasteiger partial charge is 0.345 e. The Kier molecular flexibility index (Phi) is 5.96. The van der Waals surface area contributed by atoms with Crippen LogP contribution in [0.2, 0.25) is 0 Å². The molecule has 2 aromatic carbocycles. The van der Waals surface area contributed by atoms with Crippen molar-refractivity contribution in [2.75, 3.05) is 39.4 Å². The third kappa shape index (κ3) is 4.60. The minimum Gasteiger partial charge on any atom is -0.345 e. The lowest BCUT2D eigenvalue weighted by Gasteiger charge is -2.47. The van der Waals surface area contributed by atoms with E-state index >= 15 is 0 Å². The molecule has 0 aliphatic carbocycles. The van der Waals surface area contributed by atoms with Crippen LogP contribution in [0, 0.1) is 5.82 Å². The number of benzene rings is 2. The van der Waals surface area contributed by atoms with Crippen molar-refractivity contribution in [2.24, 2.45) is 0 Å². The number of morpholine rings is 2. The second-order valence-electron chi connectivity index (χ2n) is 7.41. The van der Waals surface area contributed by atoms with Gasteiger partial charge >= 0.3 is 6.03 Å². The quantitative estimate of drug-likeness (QED) is 0.838. The first kappa shape index (κ1) is 20.3. The molecule has 2 aliphatic heterocycles. The fourth-order valence-electron chi connectivity index (χ4n) is 3.73. The standard InChI is InChI=1S/C22H24FN3O4/c23-19-8-4-7-18(13-19)20(27)25-9-11-29-22(15-25)16-26(10-12-30-22)21(28)24-14-17-5-2-1-3-6-17/h1-8,13H,9-12,14-16H2,(H,24,28). The van der Waals surface area contributed by atoms with Gasteiger partial charge in [-0.05, 0) is 23.8 Å². The number of hydrogen-bond acceptors (Lipinski definition) is 4. The summed E-state index contributed by atoms with van der Waals surface area (Å²) in [6, 6.07) is 15.1. The third-order valence-electron chi connectivity index (χ3n) is 5.25. The lowest BCUT2D eigenvalue weighted by atomic mass is 10.1. The predicted molar refractivity (Wildman–Crippen MR) is 107 cm³/mol. The summed E-state index contributed by atoms with van der Waals surface area (Å²) in [6.07, 6.45) is 0. The Morgan fingerprint density at radius 3 is 2.40 bits per heavy atom. The van der Waals surface area contributed by atoms with Crippen LogP contribution in [-0.2, 0) is 16.0 Å². The molecule has 4 rings (SSSR count). The van der Waals surface area contributed by atoms with Gasteiger partial charge in [-0.15, -0.1) is 0 Å². The Labute approximate surface area is 174 Å². The van der Waals surface area contributed by atoms with Gasteiger partial charge in [0.25, 0.3) is 5.91 Å². The summed E-state index contributed by atoms with van der Waals surface area (Å²) in [6.45, 7) is 2.20. The van der Waals surface area contributed by atoms with Crippen LogP contribution in [0.15, 0.2) is 54.6 Å². The highest BCUT2D eigenvalue weighted by Gasteiger charge is 2.44. The molecule has 2 heterocycles. The summed E-state index contributed by atoms with van der Waals surface area (Å²) in [5.41, 5.74) is 1.29. The minimum atomic E-state index is -1.08. The van der Waals surface area contributed by atoms with Crippen LogP contribution in [0.3, 0.4) is 0 Å². The molecule has 0 radical (unpaired) electrons. The highest BCUT2D eigenvalue weighted by molar-refractivity contribution is 5.94. The van der Waals surface area contributed by atoms with Crippen molar-refractivity contribution < 1.29 is 23.5 Å². The van der Waals surface area contributed by atoms with Gasteiger partial charge in [-0.25, -0.2) is 9.18 Å². The molecule has 2 aromatic rings. The number of ether oxygens (including phenoxy) is 2. The minimum absolute atomic E-state index is 0.171. The van der Waals surface area contributed by atoms with Gasteiger partial charge in [0, 0.05) is 25.2 Å². The van der Waals surface area contributed by atoms with Crippen LogP contribution in [0.1, 0.15) is 15.9 Å². The molecule has 1 unspecified atom stereocenters. The van der Waals surface area contributed by atoms with E-state index < -0.39 is 11.6 Å². The molecule has 8 heteroatoms. The van der Waals surface area contributed by atoms with Gasteiger partial charge < -0.3 is 24.6 Å². The van der Waals surface area contributed by atoms with E-state index in [9.17, 15) is 14.0 Å². The normalized spacial score (nSPS) is 21.5. The Bertz CT molecular complexity index is 906. The average molecular weight is 413 g/mol. The zero-order valence-corrected chi connectivity index (χ0v) is 16.6. The van der Waals surface area contributed by atoms with Crippen molar-refractivity contribution in [1.29, 1.82) is 0 Å². The highest BCUT2D eigenvalue weighted by Crippen LogP contribution is 2.26. The molecule has 2 aliphatic rings. The van der Waals surface area contributed by atoms with E-state index in [0.717, 1.165) is 5.56 Å². The number of nitrogens with one attached hydrogen (secondary N) is 1. The number of hydrogen-bond donors (Lipinski definition) is 1. The monoisotopic (exact) mass is 413 g/mol. The Morgan fingerprint density at radius 2 is 1.67 bits per heavy atom. The van der Waals surface area contributed by atoms with Gasteiger partial charge in [-0.3, -0.25) is 4.79 Å². The van der Waals surface area contributed by atoms with Crippen molar-refractivity contribution in [1.82, 2.24) is 15.1 Å². The SMILES string of the molecule is O=C(NCc1ccccc1)N1CCOC2(C1)CN(C(=O)c1cccc(F)c1)CCO2. The second kappa shape index (κ2) is 8.81. The summed E-state index contributed by atoms with van der Waals surface area (Å²) in [7, 11) is 0. The maximum absolute atomic E-state index is 13.5. The van der Waals surface area contributed by atoms with E-state index in [-0.39, 0.29) is 37.2 Å². The molecule has 30 heavy (non-hydrogen) atoms. The van der Waals surface area contributed by atoms with Crippen molar-refractivity contribution >= 4 is 11.9 Å². The van der Waals surface area contributed by atoms with Crippen molar-refractivity contribution in [3.05, 3.63) is 71.5 Å². The van der Waals surface area contributed by atoms with Crippen LogP contribution in [-0.4, -0.2) is 66.9 Å². The Hall–Kier alpha value is -2.97. The molecule has 1 spiro atoms. The molecule has 0 aromatic heterocycles. The lowest BCUT2D eigenvalue weighted by molar-refractivity contribution is -0.281. The van der Waals surface area contributed by atoms with Gasteiger partial charge in [0.2, 0.25) is 5.79 Å². The maximum atomic E-state index is 13.5. The maximum Gasteiger partial charge on any atom is 0.317 e. The lowest BCUT2D eigenvalue weighted by Crippen LogP contribution is -2.64. The van der Waals surface area contributed by atoms with Crippen LogP contribution in [0.4, 0.5) is 9.18 Å². The van der Waals surface area contributed by atoms with E-state index in [1.54, 1.807) is 15.9 Å². The van der Waals surface area contributed by atoms with Crippen molar-refractivity contribution in [3.63, 3.8) is 0 Å². The summed E-state index contributed by atoms with van der Waals surface area (Å²) >= 11 is 0. The number of halogens is 1. The van der Waals surface area contributed by atoms with Crippen LogP contribution in [0.25, 0.3) is 0 Å². The molecule has 2 saturated heterocycles. The molecule has 1 atom stereocenters. The number of urea groups is 1. The van der Waals surface area contributed by atoms with E-state index in [2.05, 4.69) is 5.32 Å². The molecular weight excluding hydrogens is 389 g/mol. The number of carbonyl (C=O) groups excluding carboxylic acids is 2. The number of nitrogens with zero attached hydrogens (tertiary/aromatic N) is 2. The van der Waals surface area contributed by atoms with Crippen LogP contribution >= 0.6 is 0 Å². The Balaban J connectivity index is 1.39. The second-order valence-corrected chi connectivity index (χ2v) is 7.41. The zero-order valence-electron chi connectivity index (χ0n) is 16.6. The van der Waals surface area contributed by atoms with Crippen molar-refractivity contribution in [3.8, 4) is 0 Å². The van der Waals surface area contributed by atoms with E-state index in [0.29, 0.717) is 26.2 Å². The van der Waals surface area contributed by atoms with E-state index in [1.165, 1.54) is 18.2 Å². The summed E-state index contributed by atoms with van der Waals surface area (Å²) in [4.78, 5) is 28.7. The van der Waals surface area contributed by atoms with Gasteiger partial charge in [0.15, 0.2) is 0 Å².